The van der Waals surface area contributed by atoms with Gasteiger partial charge in [-0.1, -0.05) is 59.1 Å². The van der Waals surface area contributed by atoms with Crippen molar-refractivity contribution in [3.63, 3.8) is 0 Å². The van der Waals surface area contributed by atoms with Crippen LogP contribution in [0.4, 0.5) is 13.2 Å². The molecule has 4 aromatic rings. The number of hydrogen-bond donors (Lipinski definition) is 1. The quantitative estimate of drug-likeness (QED) is 0.239. The summed E-state index contributed by atoms with van der Waals surface area (Å²) in [6.07, 6.45) is -4.67. The van der Waals surface area contributed by atoms with Crippen molar-refractivity contribution in [3.8, 4) is 22.6 Å². The fourth-order valence-electron chi connectivity index (χ4n) is 3.67. The molecular formula is C27H21Cl3F3N3O2. The molecule has 0 unspecified atom stereocenters. The first-order valence-electron chi connectivity index (χ1n) is 11.4. The highest BCUT2D eigenvalue weighted by Crippen LogP contribution is 2.34. The number of para-hydroxylation sites is 1. The molecule has 0 saturated carbocycles. The topological polar surface area (TPSA) is 56.1 Å². The summed E-state index contributed by atoms with van der Waals surface area (Å²) in [7, 11) is 0. The van der Waals surface area contributed by atoms with Crippen LogP contribution in [-0.2, 0) is 12.8 Å². The second-order valence-electron chi connectivity index (χ2n) is 8.64. The third-order valence-corrected chi connectivity index (χ3v) is 6.35. The van der Waals surface area contributed by atoms with Crippen LogP contribution in [0.2, 0.25) is 15.1 Å². The molecule has 1 amide bonds. The molecule has 38 heavy (non-hydrogen) atoms. The number of ether oxygens (including phenoxy) is 1. The zero-order chi connectivity index (χ0) is 27.6. The number of hydrogen-bond acceptors (Lipinski definition) is 3. The Morgan fingerprint density at radius 1 is 0.947 bits per heavy atom. The van der Waals surface area contributed by atoms with Crippen LogP contribution in [0.5, 0.6) is 5.75 Å². The number of rotatable bonds is 7. The molecule has 1 aromatic heterocycles. The Kier molecular flexibility index (Phi) is 8.25. The van der Waals surface area contributed by atoms with Crippen molar-refractivity contribution in [2.75, 3.05) is 0 Å². The van der Waals surface area contributed by atoms with Gasteiger partial charge >= 0.3 is 6.18 Å². The molecule has 0 aliphatic rings. The van der Waals surface area contributed by atoms with Gasteiger partial charge in [0.2, 0.25) is 0 Å². The van der Waals surface area contributed by atoms with Crippen molar-refractivity contribution >= 4 is 40.7 Å². The van der Waals surface area contributed by atoms with Crippen LogP contribution in [-0.4, -0.2) is 21.7 Å². The highest BCUT2D eigenvalue weighted by molar-refractivity contribution is 6.37. The fraction of sp³-hybridized carbons (Fsp3) is 0.185. The molecule has 198 valence electrons. The van der Waals surface area contributed by atoms with Gasteiger partial charge in [0.15, 0.2) is 5.69 Å². The van der Waals surface area contributed by atoms with Gasteiger partial charge in [-0.3, -0.25) is 4.79 Å². The smallest absolute Gasteiger partial charge is 0.435 e. The molecule has 0 radical (unpaired) electrons. The number of halogens is 6. The number of benzene rings is 3. The predicted molar refractivity (Wildman–Crippen MR) is 142 cm³/mol. The van der Waals surface area contributed by atoms with Crippen molar-refractivity contribution in [3.05, 3.63) is 98.7 Å². The van der Waals surface area contributed by atoms with E-state index in [0.717, 1.165) is 21.9 Å². The number of aromatic nitrogens is 2. The van der Waals surface area contributed by atoms with Crippen LogP contribution >= 0.6 is 34.8 Å². The van der Waals surface area contributed by atoms with E-state index in [1.807, 2.05) is 13.8 Å². The van der Waals surface area contributed by atoms with Gasteiger partial charge in [0.05, 0.1) is 26.3 Å². The van der Waals surface area contributed by atoms with Crippen LogP contribution in [0.15, 0.2) is 66.7 Å². The molecule has 3 aromatic carbocycles. The number of alkyl halides is 3. The van der Waals surface area contributed by atoms with E-state index in [4.69, 9.17) is 39.5 Å². The average Bonchev–Trinajstić information content (AvgIpc) is 3.27. The van der Waals surface area contributed by atoms with Gasteiger partial charge in [-0.15, -0.1) is 0 Å². The molecular weight excluding hydrogens is 562 g/mol. The summed E-state index contributed by atoms with van der Waals surface area (Å²) in [6, 6.07) is 17.5. The molecule has 0 bridgehead atoms. The number of nitrogens with one attached hydrogen (secondary N) is 1. The van der Waals surface area contributed by atoms with E-state index in [1.54, 1.807) is 48.5 Å². The van der Waals surface area contributed by atoms with E-state index in [1.165, 1.54) is 12.1 Å². The van der Waals surface area contributed by atoms with Crippen molar-refractivity contribution in [1.29, 1.82) is 0 Å². The molecule has 0 saturated heterocycles. The third kappa shape index (κ3) is 6.26. The molecule has 0 aliphatic carbocycles. The Hall–Kier alpha value is -3.20. The molecule has 1 heterocycles. The minimum Gasteiger partial charge on any atom is -0.487 e. The Bertz CT molecular complexity index is 1450. The predicted octanol–water partition coefficient (Wildman–Crippen LogP) is 8.24. The minimum absolute atomic E-state index is 0.0221. The minimum atomic E-state index is -4.67. The highest BCUT2D eigenvalue weighted by Gasteiger charge is 2.35. The SMILES string of the molecule is CC(C)NC(=O)c1ccc(-c2ccc(OCc3cc(C(F)(F)F)nn3-c3c(Cl)cccc3Cl)cc2)cc1Cl. The summed E-state index contributed by atoms with van der Waals surface area (Å²) in [5, 5.41) is 7.09. The third-order valence-electron chi connectivity index (χ3n) is 5.43. The van der Waals surface area contributed by atoms with E-state index in [2.05, 4.69) is 10.4 Å². The summed E-state index contributed by atoms with van der Waals surface area (Å²) in [5.41, 5.74) is 1.11. The Morgan fingerprint density at radius 3 is 2.16 bits per heavy atom. The van der Waals surface area contributed by atoms with Crippen LogP contribution < -0.4 is 10.1 Å². The van der Waals surface area contributed by atoms with Gasteiger partial charge in [0.1, 0.15) is 18.0 Å². The lowest BCUT2D eigenvalue weighted by molar-refractivity contribution is -0.141. The molecule has 0 atom stereocenters. The Morgan fingerprint density at radius 2 is 1.58 bits per heavy atom. The maximum atomic E-state index is 13.4. The molecule has 0 aliphatic heterocycles. The van der Waals surface area contributed by atoms with Crippen molar-refractivity contribution in [2.24, 2.45) is 0 Å². The van der Waals surface area contributed by atoms with Gasteiger partial charge in [0.25, 0.3) is 5.91 Å². The first kappa shape index (κ1) is 27.8. The maximum absolute atomic E-state index is 13.4. The van der Waals surface area contributed by atoms with Gasteiger partial charge < -0.3 is 10.1 Å². The second-order valence-corrected chi connectivity index (χ2v) is 9.86. The van der Waals surface area contributed by atoms with Crippen LogP contribution in [0.25, 0.3) is 16.8 Å². The molecule has 5 nitrogen and oxygen atoms in total. The van der Waals surface area contributed by atoms with Crippen LogP contribution in [0, 0.1) is 0 Å². The van der Waals surface area contributed by atoms with E-state index in [0.29, 0.717) is 16.3 Å². The van der Waals surface area contributed by atoms with Gasteiger partial charge in [0, 0.05) is 6.04 Å². The summed E-state index contributed by atoms with van der Waals surface area (Å²) in [4.78, 5) is 12.3. The molecule has 0 fully saturated rings. The number of carbonyl (C=O) groups is 1. The first-order valence-corrected chi connectivity index (χ1v) is 12.5. The monoisotopic (exact) mass is 581 g/mol. The molecule has 1 N–H and O–H groups in total. The largest absolute Gasteiger partial charge is 0.487 e. The van der Waals surface area contributed by atoms with E-state index in [9.17, 15) is 18.0 Å². The number of carbonyl (C=O) groups excluding carboxylic acids is 1. The zero-order valence-corrected chi connectivity index (χ0v) is 22.4. The van der Waals surface area contributed by atoms with Gasteiger partial charge in [-0.05, 0) is 67.4 Å². The van der Waals surface area contributed by atoms with Gasteiger partial charge in [-0.2, -0.15) is 18.3 Å². The fourth-order valence-corrected chi connectivity index (χ4v) is 4.49. The standard InChI is InChI=1S/C27H21Cl3F3N3O2/c1-15(2)34-26(37)20-11-8-17(12-23(20)30)16-6-9-19(10-7-16)38-14-18-13-24(27(31,32)33)35-36(18)25-21(28)4-3-5-22(25)29/h3-13,15H,14H2,1-2H3,(H,34,37). The summed E-state index contributed by atoms with van der Waals surface area (Å²) in [6.45, 7) is 3.49. The lowest BCUT2D eigenvalue weighted by atomic mass is 10.0. The van der Waals surface area contributed by atoms with E-state index < -0.39 is 11.9 Å². The summed E-state index contributed by atoms with van der Waals surface area (Å²) < 4.78 is 47.0. The highest BCUT2D eigenvalue weighted by atomic mass is 35.5. The first-order chi connectivity index (χ1) is 17.9. The van der Waals surface area contributed by atoms with Crippen molar-refractivity contribution < 1.29 is 22.7 Å². The lowest BCUT2D eigenvalue weighted by Gasteiger charge is -2.13. The summed E-state index contributed by atoms with van der Waals surface area (Å²) >= 11 is 18.8. The van der Waals surface area contributed by atoms with E-state index >= 15 is 0 Å². The Labute approximate surface area is 232 Å². The molecule has 0 spiro atoms. The number of amides is 1. The van der Waals surface area contributed by atoms with Crippen molar-refractivity contribution in [2.45, 2.75) is 32.7 Å². The average molecular weight is 583 g/mol. The second kappa shape index (κ2) is 11.3. The summed E-state index contributed by atoms with van der Waals surface area (Å²) in [5.74, 6) is 0.158. The van der Waals surface area contributed by atoms with Gasteiger partial charge in [-0.25, -0.2) is 4.68 Å². The van der Waals surface area contributed by atoms with Crippen molar-refractivity contribution in [1.82, 2.24) is 15.1 Å². The van der Waals surface area contributed by atoms with E-state index in [-0.39, 0.29) is 40.0 Å². The Balaban J connectivity index is 1.54. The van der Waals surface area contributed by atoms with Crippen LogP contribution in [0.1, 0.15) is 35.6 Å². The normalized spacial score (nSPS) is 11.6. The molecule has 4 rings (SSSR count). The lowest BCUT2D eigenvalue weighted by Crippen LogP contribution is -2.30. The van der Waals surface area contributed by atoms with Crippen LogP contribution in [0.3, 0.4) is 0 Å². The molecule has 11 heteroatoms. The maximum Gasteiger partial charge on any atom is 0.435 e. The zero-order valence-electron chi connectivity index (χ0n) is 20.1. The number of nitrogens with zero attached hydrogens (tertiary/aromatic N) is 2.